The minimum Gasteiger partial charge on any atom is -0.464 e. The molecule has 1 aliphatic heterocycles. The number of allylic oxidation sites excluding steroid dienone is 2. The topological polar surface area (TPSA) is 26.3 Å². The lowest BCUT2D eigenvalue weighted by Gasteiger charge is -2.20. The van der Waals surface area contributed by atoms with Gasteiger partial charge in [-0.25, -0.2) is 0 Å². The maximum Gasteiger partial charge on any atom is 0.216 e. The molecule has 2 rings (SSSR count). The van der Waals surface area contributed by atoms with Crippen LogP contribution in [-0.4, -0.2) is 10.8 Å². The van der Waals surface area contributed by atoms with Crippen LogP contribution in [0, 0.1) is 5.41 Å². The van der Waals surface area contributed by atoms with E-state index in [1.165, 1.54) is 0 Å². The summed E-state index contributed by atoms with van der Waals surface area (Å²) in [5.41, 5.74) is 1.85. The highest BCUT2D eigenvalue weighted by Crippen LogP contribution is 2.45. The van der Waals surface area contributed by atoms with Gasteiger partial charge < -0.3 is 4.74 Å². The highest BCUT2D eigenvalue weighted by molar-refractivity contribution is 9.11. The number of Topliss-reactive ketones (excluding diaryl/α,β-unsaturated/α-hetero) is 1. The van der Waals surface area contributed by atoms with Crippen LogP contribution in [0.1, 0.15) is 20.3 Å². The van der Waals surface area contributed by atoms with Gasteiger partial charge in [0.2, 0.25) is 10.8 Å². The molecule has 0 radical (unpaired) electrons. The molecule has 76 valence electrons. The second-order valence-electron chi connectivity index (χ2n) is 4.27. The zero-order valence-corrected chi connectivity index (χ0v) is 11.1. The van der Waals surface area contributed by atoms with Crippen LogP contribution >= 0.6 is 31.9 Å². The van der Waals surface area contributed by atoms with Crippen molar-refractivity contribution in [3.05, 3.63) is 21.9 Å². The normalized spacial score (nSPS) is 29.9. The molecule has 0 aromatic heterocycles. The van der Waals surface area contributed by atoms with E-state index in [4.69, 9.17) is 4.74 Å². The number of hydrogen-bond acceptors (Lipinski definition) is 2. The second kappa shape index (κ2) is 3.20. The molecule has 0 N–H and O–H groups in total. The van der Waals surface area contributed by atoms with Gasteiger partial charge in [-0.2, -0.15) is 0 Å². The molecule has 1 aliphatic carbocycles. The molecule has 0 aromatic rings. The van der Waals surface area contributed by atoms with Gasteiger partial charge in [0.15, 0.2) is 4.67 Å². The number of rotatable bonds is 0. The summed E-state index contributed by atoms with van der Waals surface area (Å²) in [7, 11) is 0. The standard InChI is InChI=1S/C10H10Br2O2/c1-10(2)3-5-6(4-10)8(11)14-9(12)7(5)13/h3,9H,4H2,1-2H3. The minimum absolute atomic E-state index is 0.0220. The molecule has 0 fully saturated rings. The van der Waals surface area contributed by atoms with Gasteiger partial charge in [-0.05, 0) is 43.7 Å². The average molecular weight is 322 g/mol. The zero-order chi connectivity index (χ0) is 10.5. The predicted molar refractivity (Wildman–Crippen MR) is 61.2 cm³/mol. The lowest BCUT2D eigenvalue weighted by atomic mass is 9.92. The zero-order valence-electron chi connectivity index (χ0n) is 7.93. The Kier molecular flexibility index (Phi) is 2.39. The molecular weight excluding hydrogens is 312 g/mol. The van der Waals surface area contributed by atoms with Crippen molar-refractivity contribution < 1.29 is 9.53 Å². The first kappa shape index (κ1) is 10.4. The number of carbonyl (C=O) groups is 1. The molecular formula is C10H10Br2O2. The molecule has 1 atom stereocenters. The summed E-state index contributed by atoms with van der Waals surface area (Å²) in [5, 5.41) is -0.541. The van der Waals surface area contributed by atoms with Crippen molar-refractivity contribution >= 4 is 37.6 Å². The maximum absolute atomic E-state index is 11.7. The SMILES string of the molecule is CC1(C)C=C2C(=O)C(Br)OC(Br)=C2C1. The monoisotopic (exact) mass is 320 g/mol. The Morgan fingerprint density at radius 3 is 2.86 bits per heavy atom. The van der Waals surface area contributed by atoms with Crippen LogP contribution in [0.3, 0.4) is 0 Å². The van der Waals surface area contributed by atoms with Crippen LogP contribution in [0.25, 0.3) is 0 Å². The Hall–Kier alpha value is -0.0900. The Balaban J connectivity index is 2.50. The van der Waals surface area contributed by atoms with E-state index >= 15 is 0 Å². The summed E-state index contributed by atoms with van der Waals surface area (Å²) in [4.78, 5) is 11.7. The fourth-order valence-electron chi connectivity index (χ4n) is 1.81. The van der Waals surface area contributed by atoms with Crippen molar-refractivity contribution in [2.24, 2.45) is 5.41 Å². The Bertz CT molecular complexity index is 366. The van der Waals surface area contributed by atoms with Crippen LogP contribution in [-0.2, 0) is 9.53 Å². The van der Waals surface area contributed by atoms with Crippen LogP contribution in [0.15, 0.2) is 21.9 Å². The van der Waals surface area contributed by atoms with Gasteiger partial charge in [0.1, 0.15) is 0 Å². The van der Waals surface area contributed by atoms with E-state index in [1.807, 2.05) is 6.08 Å². The van der Waals surface area contributed by atoms with E-state index in [1.54, 1.807) is 0 Å². The smallest absolute Gasteiger partial charge is 0.216 e. The summed E-state index contributed by atoms with van der Waals surface area (Å²) in [5.74, 6) is 0.0220. The van der Waals surface area contributed by atoms with E-state index in [9.17, 15) is 4.79 Å². The third kappa shape index (κ3) is 1.58. The summed E-state index contributed by atoms with van der Waals surface area (Å²) in [6, 6.07) is 0. The summed E-state index contributed by atoms with van der Waals surface area (Å²) < 4.78 is 6.02. The average Bonchev–Trinajstić information content (AvgIpc) is 2.38. The molecule has 0 aromatic carbocycles. The predicted octanol–water partition coefficient (Wildman–Crippen LogP) is 3.27. The molecule has 0 amide bonds. The lowest BCUT2D eigenvalue weighted by Crippen LogP contribution is -2.23. The molecule has 0 saturated heterocycles. The quantitative estimate of drug-likeness (QED) is 0.640. The Morgan fingerprint density at radius 2 is 2.21 bits per heavy atom. The molecule has 2 nitrogen and oxygen atoms in total. The van der Waals surface area contributed by atoms with Crippen LogP contribution in [0.5, 0.6) is 0 Å². The van der Waals surface area contributed by atoms with Gasteiger partial charge in [-0.15, -0.1) is 0 Å². The summed E-state index contributed by atoms with van der Waals surface area (Å²) in [6.07, 6.45) is 2.89. The first-order chi connectivity index (χ1) is 6.41. The molecule has 1 unspecified atom stereocenters. The number of ether oxygens (including phenoxy) is 1. The van der Waals surface area contributed by atoms with Gasteiger partial charge in [-0.1, -0.05) is 19.9 Å². The third-order valence-electron chi connectivity index (χ3n) is 2.41. The number of alkyl halides is 1. The van der Waals surface area contributed by atoms with E-state index in [0.29, 0.717) is 4.67 Å². The van der Waals surface area contributed by atoms with Gasteiger partial charge >= 0.3 is 0 Å². The van der Waals surface area contributed by atoms with Crippen molar-refractivity contribution in [2.45, 2.75) is 25.3 Å². The highest BCUT2D eigenvalue weighted by atomic mass is 79.9. The molecule has 1 heterocycles. The number of ketones is 1. The van der Waals surface area contributed by atoms with E-state index < -0.39 is 5.01 Å². The minimum atomic E-state index is -0.541. The van der Waals surface area contributed by atoms with Crippen molar-refractivity contribution in [1.29, 1.82) is 0 Å². The molecule has 2 aliphatic rings. The van der Waals surface area contributed by atoms with E-state index in [0.717, 1.165) is 17.6 Å². The van der Waals surface area contributed by atoms with E-state index in [2.05, 4.69) is 45.7 Å². The number of halogens is 2. The first-order valence-electron chi connectivity index (χ1n) is 4.37. The van der Waals surface area contributed by atoms with Crippen LogP contribution < -0.4 is 0 Å². The molecule has 4 heteroatoms. The Labute approximate surface area is 99.6 Å². The van der Waals surface area contributed by atoms with Gasteiger partial charge in [0, 0.05) is 11.1 Å². The fourth-order valence-corrected chi connectivity index (χ4v) is 3.04. The molecule has 0 saturated carbocycles. The van der Waals surface area contributed by atoms with Gasteiger partial charge in [-0.3, -0.25) is 4.79 Å². The number of fused-ring (bicyclic) bond motifs is 1. The summed E-state index contributed by atoms with van der Waals surface area (Å²) >= 11 is 6.54. The van der Waals surface area contributed by atoms with Crippen molar-refractivity contribution in [2.75, 3.05) is 0 Å². The number of hydrogen-bond donors (Lipinski definition) is 0. The molecule has 14 heavy (non-hydrogen) atoms. The second-order valence-corrected chi connectivity index (χ2v) is 5.83. The lowest BCUT2D eigenvalue weighted by molar-refractivity contribution is -0.120. The van der Waals surface area contributed by atoms with Crippen molar-refractivity contribution in [1.82, 2.24) is 0 Å². The maximum atomic E-state index is 11.7. The van der Waals surface area contributed by atoms with Gasteiger partial charge in [0.05, 0.1) is 0 Å². The molecule has 0 spiro atoms. The van der Waals surface area contributed by atoms with Crippen LogP contribution in [0.2, 0.25) is 0 Å². The number of carbonyl (C=O) groups excluding carboxylic acids is 1. The van der Waals surface area contributed by atoms with Crippen LogP contribution in [0.4, 0.5) is 0 Å². The highest BCUT2D eigenvalue weighted by Gasteiger charge is 2.39. The summed E-state index contributed by atoms with van der Waals surface area (Å²) in [6.45, 7) is 4.23. The van der Waals surface area contributed by atoms with E-state index in [-0.39, 0.29) is 11.2 Å². The largest absolute Gasteiger partial charge is 0.464 e. The first-order valence-corrected chi connectivity index (χ1v) is 6.08. The van der Waals surface area contributed by atoms with Gasteiger partial charge in [0.25, 0.3) is 0 Å². The molecule has 0 bridgehead atoms. The Morgan fingerprint density at radius 1 is 1.57 bits per heavy atom. The third-order valence-corrected chi connectivity index (χ3v) is 3.68. The van der Waals surface area contributed by atoms with Crippen molar-refractivity contribution in [3.8, 4) is 0 Å². The fraction of sp³-hybridized carbons (Fsp3) is 0.500. The van der Waals surface area contributed by atoms with Crippen molar-refractivity contribution in [3.63, 3.8) is 0 Å².